The van der Waals surface area contributed by atoms with Crippen molar-refractivity contribution in [2.24, 2.45) is 5.92 Å². The van der Waals surface area contributed by atoms with Gasteiger partial charge < -0.3 is 10.2 Å². The van der Waals surface area contributed by atoms with Crippen LogP contribution >= 0.6 is 0 Å². The van der Waals surface area contributed by atoms with E-state index in [-0.39, 0.29) is 11.8 Å². The maximum Gasteiger partial charge on any atom is 0.226 e. The first kappa shape index (κ1) is 20.2. The molecule has 1 fully saturated rings. The first-order valence-corrected chi connectivity index (χ1v) is 11.2. The molecule has 5 nitrogen and oxygen atoms in total. The van der Waals surface area contributed by atoms with E-state index < -0.39 is 0 Å². The zero-order valence-corrected chi connectivity index (χ0v) is 17.9. The number of piperidine rings is 1. The summed E-state index contributed by atoms with van der Waals surface area (Å²) in [5, 5.41) is 4.14. The fraction of sp³-hybridized carbons (Fsp3) is 0.222. The standard InChI is InChI=1S/C27H26N4O/c32-26(28-19-20-9-3-1-4-10-20)22-15-17-31(18-16-22)27-29-24-14-8-7-13-23(24)25(30-27)21-11-5-2-6-12-21/h1-14,22H,15-19H2,(H,28,32). The molecule has 0 aliphatic carbocycles. The molecule has 4 aromatic rings. The number of anilines is 1. The number of fused-ring (bicyclic) bond motifs is 1. The lowest BCUT2D eigenvalue weighted by molar-refractivity contribution is -0.125. The van der Waals surface area contributed by atoms with E-state index in [0.29, 0.717) is 6.54 Å². The summed E-state index contributed by atoms with van der Waals surface area (Å²) in [6, 6.07) is 28.4. The molecule has 1 amide bonds. The summed E-state index contributed by atoms with van der Waals surface area (Å²) >= 11 is 0. The van der Waals surface area contributed by atoms with Crippen LogP contribution < -0.4 is 10.2 Å². The molecule has 1 N–H and O–H groups in total. The molecule has 1 aliphatic rings. The van der Waals surface area contributed by atoms with Gasteiger partial charge >= 0.3 is 0 Å². The van der Waals surface area contributed by atoms with Crippen molar-refractivity contribution in [2.75, 3.05) is 18.0 Å². The lowest BCUT2D eigenvalue weighted by Gasteiger charge is -2.31. The average molecular weight is 423 g/mol. The van der Waals surface area contributed by atoms with Crippen molar-refractivity contribution >= 4 is 22.8 Å². The van der Waals surface area contributed by atoms with Crippen molar-refractivity contribution in [1.29, 1.82) is 0 Å². The third kappa shape index (κ3) is 4.33. The smallest absolute Gasteiger partial charge is 0.226 e. The van der Waals surface area contributed by atoms with Crippen LogP contribution in [-0.2, 0) is 11.3 Å². The number of carbonyl (C=O) groups is 1. The highest BCUT2D eigenvalue weighted by Gasteiger charge is 2.26. The molecule has 0 saturated carbocycles. The quantitative estimate of drug-likeness (QED) is 0.501. The molecule has 0 radical (unpaired) electrons. The molecule has 2 heterocycles. The Morgan fingerprint density at radius 1 is 0.844 bits per heavy atom. The minimum atomic E-state index is 0.0315. The second-order valence-electron chi connectivity index (χ2n) is 8.22. The average Bonchev–Trinajstić information content (AvgIpc) is 2.88. The molecule has 3 aromatic carbocycles. The lowest BCUT2D eigenvalue weighted by Crippen LogP contribution is -2.41. The Hall–Kier alpha value is -3.73. The van der Waals surface area contributed by atoms with E-state index in [2.05, 4.69) is 28.4 Å². The predicted octanol–water partition coefficient (Wildman–Crippen LogP) is 4.83. The molecule has 32 heavy (non-hydrogen) atoms. The van der Waals surface area contributed by atoms with Gasteiger partial charge in [-0.05, 0) is 24.5 Å². The van der Waals surface area contributed by atoms with Crippen LogP contribution in [0.4, 0.5) is 5.95 Å². The number of nitrogens with one attached hydrogen (secondary N) is 1. The first-order chi connectivity index (χ1) is 15.8. The Morgan fingerprint density at radius 3 is 2.25 bits per heavy atom. The van der Waals surface area contributed by atoms with Crippen LogP contribution in [0.5, 0.6) is 0 Å². The van der Waals surface area contributed by atoms with Crippen LogP contribution in [0.2, 0.25) is 0 Å². The van der Waals surface area contributed by atoms with Crippen LogP contribution in [-0.4, -0.2) is 29.0 Å². The second-order valence-corrected chi connectivity index (χ2v) is 8.22. The van der Waals surface area contributed by atoms with Gasteiger partial charge in [0, 0.05) is 36.5 Å². The van der Waals surface area contributed by atoms with Crippen LogP contribution in [0, 0.1) is 5.92 Å². The number of benzene rings is 3. The van der Waals surface area contributed by atoms with Gasteiger partial charge in [0.05, 0.1) is 11.2 Å². The molecule has 0 spiro atoms. The first-order valence-electron chi connectivity index (χ1n) is 11.2. The Morgan fingerprint density at radius 2 is 1.50 bits per heavy atom. The van der Waals surface area contributed by atoms with Gasteiger partial charge in [-0.1, -0.05) is 78.9 Å². The summed E-state index contributed by atoms with van der Waals surface area (Å²) in [7, 11) is 0. The molecule has 1 aromatic heterocycles. The summed E-state index contributed by atoms with van der Waals surface area (Å²) in [6.07, 6.45) is 1.61. The Bertz CT molecular complexity index is 1200. The van der Waals surface area contributed by atoms with Gasteiger partial charge in [0.1, 0.15) is 0 Å². The number of hydrogen-bond donors (Lipinski definition) is 1. The highest BCUT2D eigenvalue weighted by molar-refractivity contribution is 5.93. The van der Waals surface area contributed by atoms with Crippen LogP contribution in [0.15, 0.2) is 84.9 Å². The fourth-order valence-corrected chi connectivity index (χ4v) is 4.29. The Kier molecular flexibility index (Phi) is 5.79. The van der Waals surface area contributed by atoms with Crippen molar-refractivity contribution in [2.45, 2.75) is 19.4 Å². The lowest BCUT2D eigenvalue weighted by atomic mass is 9.96. The molecule has 160 valence electrons. The third-order valence-electron chi connectivity index (χ3n) is 6.10. The molecule has 0 unspecified atom stereocenters. The summed E-state index contributed by atoms with van der Waals surface area (Å²) in [4.78, 5) is 24.7. The number of amides is 1. The van der Waals surface area contributed by atoms with Gasteiger partial charge in [-0.2, -0.15) is 0 Å². The maximum absolute atomic E-state index is 12.7. The molecule has 1 saturated heterocycles. The number of aromatic nitrogens is 2. The van der Waals surface area contributed by atoms with Crippen LogP contribution in [0.1, 0.15) is 18.4 Å². The van der Waals surface area contributed by atoms with Crippen molar-refractivity contribution in [1.82, 2.24) is 15.3 Å². The Labute approximate surface area is 188 Å². The van der Waals surface area contributed by atoms with Crippen molar-refractivity contribution in [3.8, 4) is 11.3 Å². The number of carbonyl (C=O) groups excluding carboxylic acids is 1. The van der Waals surface area contributed by atoms with Gasteiger partial charge in [-0.25, -0.2) is 9.97 Å². The van der Waals surface area contributed by atoms with Gasteiger partial charge in [0.2, 0.25) is 11.9 Å². The van der Waals surface area contributed by atoms with Crippen molar-refractivity contribution in [3.63, 3.8) is 0 Å². The number of nitrogens with zero attached hydrogens (tertiary/aromatic N) is 3. The second kappa shape index (κ2) is 9.18. The highest BCUT2D eigenvalue weighted by atomic mass is 16.1. The summed E-state index contributed by atoms with van der Waals surface area (Å²) in [6.45, 7) is 2.13. The largest absolute Gasteiger partial charge is 0.352 e. The van der Waals surface area contributed by atoms with Crippen molar-refractivity contribution < 1.29 is 4.79 Å². The third-order valence-corrected chi connectivity index (χ3v) is 6.10. The Balaban J connectivity index is 1.30. The maximum atomic E-state index is 12.7. The number of rotatable bonds is 5. The zero-order valence-electron chi connectivity index (χ0n) is 17.9. The number of hydrogen-bond acceptors (Lipinski definition) is 4. The van der Waals surface area contributed by atoms with E-state index in [1.54, 1.807) is 0 Å². The molecule has 1 aliphatic heterocycles. The summed E-state index contributed by atoms with van der Waals surface area (Å²) < 4.78 is 0. The molecule has 5 heteroatoms. The van der Waals surface area contributed by atoms with E-state index in [1.165, 1.54) is 0 Å². The van der Waals surface area contributed by atoms with Gasteiger partial charge in [0.15, 0.2) is 0 Å². The molecular formula is C27H26N4O. The molecule has 5 rings (SSSR count). The van der Waals surface area contributed by atoms with Gasteiger partial charge in [0.25, 0.3) is 0 Å². The van der Waals surface area contributed by atoms with Crippen LogP contribution in [0.3, 0.4) is 0 Å². The van der Waals surface area contributed by atoms with E-state index in [1.807, 2.05) is 66.7 Å². The molecule has 0 atom stereocenters. The fourth-order valence-electron chi connectivity index (χ4n) is 4.29. The molecule has 0 bridgehead atoms. The predicted molar refractivity (Wildman–Crippen MR) is 128 cm³/mol. The van der Waals surface area contributed by atoms with Crippen molar-refractivity contribution in [3.05, 3.63) is 90.5 Å². The highest BCUT2D eigenvalue weighted by Crippen LogP contribution is 2.29. The van der Waals surface area contributed by atoms with Gasteiger partial charge in [-0.15, -0.1) is 0 Å². The van der Waals surface area contributed by atoms with Gasteiger partial charge in [-0.3, -0.25) is 4.79 Å². The SMILES string of the molecule is O=C(NCc1ccccc1)C1CCN(c2nc(-c3ccccc3)c3ccccc3n2)CC1. The topological polar surface area (TPSA) is 58.1 Å². The van der Waals surface area contributed by atoms with E-state index in [0.717, 1.165) is 59.6 Å². The minimum Gasteiger partial charge on any atom is -0.352 e. The van der Waals surface area contributed by atoms with Crippen LogP contribution in [0.25, 0.3) is 22.2 Å². The van der Waals surface area contributed by atoms with E-state index in [4.69, 9.17) is 9.97 Å². The number of para-hydroxylation sites is 1. The normalized spacial score (nSPS) is 14.4. The monoisotopic (exact) mass is 422 g/mol. The zero-order chi connectivity index (χ0) is 21.8. The molecular weight excluding hydrogens is 396 g/mol. The van der Waals surface area contributed by atoms with E-state index >= 15 is 0 Å². The summed E-state index contributed by atoms with van der Waals surface area (Å²) in [5.74, 6) is 0.910. The van der Waals surface area contributed by atoms with E-state index in [9.17, 15) is 4.79 Å². The minimum absolute atomic E-state index is 0.0315. The summed E-state index contributed by atoms with van der Waals surface area (Å²) in [5.41, 5.74) is 4.10.